The van der Waals surface area contributed by atoms with Crippen LogP contribution in [-0.2, 0) is 9.53 Å². The fourth-order valence-electron chi connectivity index (χ4n) is 2.64. The van der Waals surface area contributed by atoms with Gasteiger partial charge >= 0.3 is 5.97 Å². The van der Waals surface area contributed by atoms with Gasteiger partial charge in [0.05, 0.1) is 16.1 Å². The largest absolute Gasteiger partial charge is 0.488 e. The zero-order valence-corrected chi connectivity index (χ0v) is 14.7. The molecule has 0 N–H and O–H groups in total. The number of amides is 2. The minimum absolute atomic E-state index is 0.0302. The van der Waals surface area contributed by atoms with Gasteiger partial charge in [0.25, 0.3) is 11.8 Å². The maximum atomic E-state index is 12.4. The Morgan fingerprint density at radius 3 is 2.19 bits per heavy atom. The number of esters is 1. The Kier molecular flexibility index (Phi) is 5.23. The highest BCUT2D eigenvalue weighted by Crippen LogP contribution is 2.25. The van der Waals surface area contributed by atoms with Gasteiger partial charge in [0.15, 0.2) is 0 Å². The molecule has 0 aromatic heterocycles. The predicted molar refractivity (Wildman–Crippen MR) is 94.3 cm³/mol. The van der Waals surface area contributed by atoms with E-state index in [1.54, 1.807) is 48.5 Å². The van der Waals surface area contributed by atoms with Crippen molar-refractivity contribution in [3.05, 3.63) is 64.7 Å². The van der Waals surface area contributed by atoms with Crippen molar-refractivity contribution in [3.8, 4) is 5.75 Å². The van der Waals surface area contributed by atoms with Crippen LogP contribution in [0.2, 0.25) is 5.02 Å². The van der Waals surface area contributed by atoms with Gasteiger partial charge in [-0.3, -0.25) is 14.5 Å². The van der Waals surface area contributed by atoms with Crippen LogP contribution in [0, 0.1) is 0 Å². The third-order valence-electron chi connectivity index (χ3n) is 3.98. The molecule has 134 valence electrons. The topological polar surface area (TPSA) is 72.9 Å². The number of para-hydroxylation sites is 1. The van der Waals surface area contributed by atoms with E-state index in [2.05, 4.69) is 0 Å². The van der Waals surface area contributed by atoms with Crippen molar-refractivity contribution in [1.82, 2.24) is 4.90 Å². The monoisotopic (exact) mass is 373 g/mol. The first kappa shape index (κ1) is 17.9. The Labute approximate surface area is 155 Å². The summed E-state index contributed by atoms with van der Waals surface area (Å²) in [6, 6.07) is 12.4. The SMILES string of the molecule is C[C@H](C(=O)OCCOc1ccccc1Cl)N1C(=O)c2ccccc2C1=O. The van der Waals surface area contributed by atoms with Gasteiger partial charge in [0.2, 0.25) is 0 Å². The van der Waals surface area contributed by atoms with Crippen molar-refractivity contribution >= 4 is 29.4 Å². The highest BCUT2D eigenvalue weighted by molar-refractivity contribution is 6.32. The molecule has 2 aromatic rings. The number of benzene rings is 2. The van der Waals surface area contributed by atoms with Crippen molar-refractivity contribution in [2.24, 2.45) is 0 Å². The van der Waals surface area contributed by atoms with E-state index >= 15 is 0 Å². The normalized spacial score (nSPS) is 14.2. The molecule has 2 aromatic carbocycles. The molecule has 1 aliphatic heterocycles. The molecule has 0 saturated carbocycles. The number of ether oxygens (including phenoxy) is 2. The first-order valence-electron chi connectivity index (χ1n) is 8.01. The van der Waals surface area contributed by atoms with Crippen LogP contribution in [0.15, 0.2) is 48.5 Å². The fourth-order valence-corrected chi connectivity index (χ4v) is 2.83. The molecule has 3 rings (SSSR count). The number of imide groups is 1. The van der Waals surface area contributed by atoms with E-state index < -0.39 is 23.8 Å². The lowest BCUT2D eigenvalue weighted by Gasteiger charge is -2.21. The molecule has 26 heavy (non-hydrogen) atoms. The Morgan fingerprint density at radius 2 is 1.58 bits per heavy atom. The molecule has 1 aliphatic rings. The average Bonchev–Trinajstić information content (AvgIpc) is 2.90. The molecule has 0 aliphatic carbocycles. The highest BCUT2D eigenvalue weighted by atomic mass is 35.5. The highest BCUT2D eigenvalue weighted by Gasteiger charge is 2.41. The predicted octanol–water partition coefficient (Wildman–Crippen LogP) is 2.95. The van der Waals surface area contributed by atoms with Gasteiger partial charge in [0, 0.05) is 0 Å². The number of nitrogens with zero attached hydrogens (tertiary/aromatic N) is 1. The maximum Gasteiger partial charge on any atom is 0.329 e. The molecule has 0 fully saturated rings. The first-order valence-corrected chi connectivity index (χ1v) is 8.39. The van der Waals surface area contributed by atoms with Crippen molar-refractivity contribution in [2.45, 2.75) is 13.0 Å². The molecule has 0 unspecified atom stereocenters. The van der Waals surface area contributed by atoms with Crippen molar-refractivity contribution < 1.29 is 23.9 Å². The molecule has 2 amide bonds. The number of halogens is 1. The summed E-state index contributed by atoms with van der Waals surface area (Å²) in [6.07, 6.45) is 0. The van der Waals surface area contributed by atoms with Gasteiger partial charge in [-0.1, -0.05) is 35.9 Å². The first-order chi connectivity index (χ1) is 12.5. The van der Waals surface area contributed by atoms with Gasteiger partial charge in [-0.2, -0.15) is 0 Å². The van der Waals surface area contributed by atoms with Crippen LogP contribution in [0.1, 0.15) is 27.6 Å². The third-order valence-corrected chi connectivity index (χ3v) is 4.29. The van der Waals surface area contributed by atoms with E-state index in [1.807, 2.05) is 0 Å². The Morgan fingerprint density at radius 1 is 1.00 bits per heavy atom. The number of hydrogen-bond acceptors (Lipinski definition) is 5. The van der Waals surface area contributed by atoms with E-state index in [0.29, 0.717) is 21.9 Å². The average molecular weight is 374 g/mol. The summed E-state index contributed by atoms with van der Waals surface area (Å²) in [5, 5.41) is 0.457. The third kappa shape index (κ3) is 3.41. The maximum absolute atomic E-state index is 12.4. The zero-order valence-electron chi connectivity index (χ0n) is 14.0. The van der Waals surface area contributed by atoms with E-state index in [9.17, 15) is 14.4 Å². The van der Waals surface area contributed by atoms with Crippen LogP contribution in [0.25, 0.3) is 0 Å². The molecule has 7 heteroatoms. The van der Waals surface area contributed by atoms with Gasteiger partial charge < -0.3 is 9.47 Å². The quantitative estimate of drug-likeness (QED) is 0.442. The number of hydrogen-bond donors (Lipinski definition) is 0. The minimum Gasteiger partial charge on any atom is -0.488 e. The summed E-state index contributed by atoms with van der Waals surface area (Å²) in [6.45, 7) is 1.53. The molecule has 1 atom stereocenters. The van der Waals surface area contributed by atoms with E-state index in [1.165, 1.54) is 6.92 Å². The number of rotatable bonds is 6. The van der Waals surface area contributed by atoms with Crippen LogP contribution in [0.5, 0.6) is 5.75 Å². The van der Waals surface area contributed by atoms with Crippen LogP contribution in [0.3, 0.4) is 0 Å². The molecular formula is C19H16ClNO5. The molecule has 0 bridgehead atoms. The molecule has 0 radical (unpaired) electrons. The van der Waals surface area contributed by atoms with Crippen molar-refractivity contribution in [1.29, 1.82) is 0 Å². The lowest BCUT2D eigenvalue weighted by molar-refractivity contribution is -0.148. The van der Waals surface area contributed by atoms with E-state index in [-0.39, 0.29) is 13.2 Å². The molecule has 0 saturated heterocycles. The van der Waals surface area contributed by atoms with Gasteiger partial charge in [-0.25, -0.2) is 4.79 Å². The summed E-state index contributed by atoms with van der Waals surface area (Å²) < 4.78 is 10.5. The second kappa shape index (κ2) is 7.58. The Balaban J connectivity index is 1.55. The summed E-state index contributed by atoms with van der Waals surface area (Å²) in [7, 11) is 0. The summed E-state index contributed by atoms with van der Waals surface area (Å²) in [5.41, 5.74) is 0.582. The zero-order chi connectivity index (χ0) is 18.7. The van der Waals surface area contributed by atoms with Crippen molar-refractivity contribution in [2.75, 3.05) is 13.2 Å². The Bertz CT molecular complexity index is 832. The standard InChI is InChI=1S/C19H16ClNO5/c1-12(21-17(22)13-6-2-3-7-14(13)18(21)23)19(24)26-11-10-25-16-9-5-4-8-15(16)20/h2-9,12H,10-11H2,1H3/t12-/m1/s1. The summed E-state index contributed by atoms with van der Waals surface area (Å²) in [5.74, 6) is -1.19. The Hall–Kier alpha value is -2.86. The van der Waals surface area contributed by atoms with Crippen LogP contribution in [0.4, 0.5) is 0 Å². The molecular weight excluding hydrogens is 358 g/mol. The summed E-state index contributed by atoms with van der Waals surface area (Å²) in [4.78, 5) is 37.8. The van der Waals surface area contributed by atoms with Crippen LogP contribution < -0.4 is 4.74 Å². The molecule has 1 heterocycles. The smallest absolute Gasteiger partial charge is 0.329 e. The number of carbonyl (C=O) groups excluding carboxylic acids is 3. The second-order valence-corrected chi connectivity index (χ2v) is 6.06. The molecule has 0 spiro atoms. The lowest BCUT2D eigenvalue weighted by Crippen LogP contribution is -2.44. The van der Waals surface area contributed by atoms with E-state index in [0.717, 1.165) is 4.90 Å². The summed E-state index contributed by atoms with van der Waals surface area (Å²) >= 11 is 5.96. The number of carbonyl (C=O) groups is 3. The van der Waals surface area contributed by atoms with Gasteiger partial charge in [-0.05, 0) is 31.2 Å². The lowest BCUT2D eigenvalue weighted by atomic mass is 10.1. The van der Waals surface area contributed by atoms with Crippen LogP contribution >= 0.6 is 11.6 Å². The fraction of sp³-hybridized carbons (Fsp3) is 0.211. The van der Waals surface area contributed by atoms with E-state index in [4.69, 9.17) is 21.1 Å². The van der Waals surface area contributed by atoms with Gasteiger partial charge in [0.1, 0.15) is 25.0 Å². The second-order valence-electron chi connectivity index (χ2n) is 5.65. The molecule has 6 nitrogen and oxygen atoms in total. The number of fused-ring (bicyclic) bond motifs is 1. The van der Waals surface area contributed by atoms with Crippen molar-refractivity contribution in [3.63, 3.8) is 0 Å². The minimum atomic E-state index is -1.03. The van der Waals surface area contributed by atoms with Gasteiger partial charge in [-0.15, -0.1) is 0 Å². The van der Waals surface area contributed by atoms with Crippen LogP contribution in [-0.4, -0.2) is 41.9 Å².